The Hall–Kier alpha value is -1.69. The van der Waals surface area contributed by atoms with Crippen LogP contribution < -0.4 is 0 Å². The molecular formula is C17H25N5O. The number of likely N-dealkylation sites (tertiary alicyclic amines) is 1. The normalized spacial score (nSPS) is 22.0. The van der Waals surface area contributed by atoms with E-state index in [2.05, 4.69) is 33.9 Å². The zero-order valence-electron chi connectivity index (χ0n) is 14.0. The molecule has 0 unspecified atom stereocenters. The Balaban J connectivity index is 1.50. The van der Waals surface area contributed by atoms with E-state index in [1.54, 1.807) is 0 Å². The summed E-state index contributed by atoms with van der Waals surface area (Å²) in [6.07, 6.45) is 7.18. The molecule has 0 bridgehead atoms. The Morgan fingerprint density at radius 2 is 2.09 bits per heavy atom. The van der Waals surface area contributed by atoms with Crippen molar-refractivity contribution in [3.8, 4) is 0 Å². The molecule has 2 aromatic rings. The van der Waals surface area contributed by atoms with Crippen molar-refractivity contribution in [1.82, 2.24) is 25.0 Å². The van der Waals surface area contributed by atoms with Gasteiger partial charge in [0.25, 0.3) is 0 Å². The molecule has 1 aliphatic heterocycles. The highest BCUT2D eigenvalue weighted by molar-refractivity contribution is 5.19. The first kappa shape index (κ1) is 14.9. The number of imidazole rings is 1. The van der Waals surface area contributed by atoms with E-state index in [-0.39, 0.29) is 5.92 Å². The monoisotopic (exact) mass is 315 g/mol. The van der Waals surface area contributed by atoms with E-state index in [1.165, 1.54) is 30.7 Å². The third-order valence-electron chi connectivity index (χ3n) is 4.97. The first-order chi connectivity index (χ1) is 11.2. The van der Waals surface area contributed by atoms with E-state index < -0.39 is 0 Å². The van der Waals surface area contributed by atoms with Crippen molar-refractivity contribution in [2.24, 2.45) is 0 Å². The predicted octanol–water partition coefficient (Wildman–Crippen LogP) is 3.13. The zero-order chi connectivity index (χ0) is 15.8. The van der Waals surface area contributed by atoms with Gasteiger partial charge >= 0.3 is 0 Å². The maximum atomic E-state index is 5.33. The quantitative estimate of drug-likeness (QED) is 0.938. The van der Waals surface area contributed by atoms with E-state index in [1.807, 2.05) is 0 Å². The highest BCUT2D eigenvalue weighted by atomic mass is 16.5. The van der Waals surface area contributed by atoms with Crippen molar-refractivity contribution < 1.29 is 4.52 Å². The standard InChI is InChI=1S/C17H25N5O/c1-11(2)17-20-15(21-23-17)10-22-9-5-8-14(22)16-18-12-6-3-4-7-13(12)19-16/h11,14H,3-10H2,1-2H3,(H,18,19)/t14-/m0/s1. The molecule has 23 heavy (non-hydrogen) atoms. The van der Waals surface area contributed by atoms with Crippen LogP contribution in [-0.4, -0.2) is 31.6 Å². The number of fused-ring (bicyclic) bond motifs is 1. The number of hydrogen-bond donors (Lipinski definition) is 1. The fourth-order valence-corrected chi connectivity index (χ4v) is 3.71. The molecule has 1 fully saturated rings. The number of nitrogens with zero attached hydrogens (tertiary/aromatic N) is 4. The second-order valence-electron chi connectivity index (χ2n) is 7.09. The summed E-state index contributed by atoms with van der Waals surface area (Å²) < 4.78 is 5.33. The molecule has 2 aliphatic rings. The summed E-state index contributed by atoms with van der Waals surface area (Å²) in [4.78, 5) is 15.4. The molecule has 2 aromatic heterocycles. The Morgan fingerprint density at radius 1 is 1.22 bits per heavy atom. The Bertz CT molecular complexity index is 651. The Kier molecular flexibility index (Phi) is 3.93. The van der Waals surface area contributed by atoms with Crippen LogP contribution in [0.4, 0.5) is 0 Å². The lowest BCUT2D eigenvalue weighted by Crippen LogP contribution is -2.24. The van der Waals surface area contributed by atoms with E-state index in [0.717, 1.165) is 49.9 Å². The van der Waals surface area contributed by atoms with Crippen LogP contribution in [0.15, 0.2) is 4.52 Å². The van der Waals surface area contributed by atoms with Crippen LogP contribution in [0.25, 0.3) is 0 Å². The van der Waals surface area contributed by atoms with Crippen molar-refractivity contribution in [2.45, 2.75) is 70.9 Å². The van der Waals surface area contributed by atoms with Crippen LogP contribution in [0.5, 0.6) is 0 Å². The van der Waals surface area contributed by atoms with Gasteiger partial charge in [0.1, 0.15) is 5.82 Å². The molecule has 1 saturated heterocycles. The molecule has 1 atom stereocenters. The number of aryl methyl sites for hydroxylation is 2. The van der Waals surface area contributed by atoms with E-state index in [9.17, 15) is 0 Å². The van der Waals surface area contributed by atoms with Gasteiger partial charge in [-0.25, -0.2) is 4.98 Å². The SMILES string of the molecule is CC(C)c1nc(CN2CCC[C@H]2c2nc3c([nH]2)CCCC3)no1. The number of nitrogens with one attached hydrogen (secondary N) is 1. The molecule has 1 aliphatic carbocycles. The summed E-state index contributed by atoms with van der Waals surface area (Å²) >= 11 is 0. The Morgan fingerprint density at radius 3 is 2.87 bits per heavy atom. The van der Waals surface area contributed by atoms with E-state index >= 15 is 0 Å². The van der Waals surface area contributed by atoms with Crippen LogP contribution in [0.2, 0.25) is 0 Å². The van der Waals surface area contributed by atoms with Gasteiger partial charge in [-0.05, 0) is 45.1 Å². The molecule has 0 saturated carbocycles. The zero-order valence-corrected chi connectivity index (χ0v) is 14.0. The van der Waals surface area contributed by atoms with Gasteiger partial charge in [-0.2, -0.15) is 4.98 Å². The minimum Gasteiger partial charge on any atom is -0.344 e. The first-order valence-corrected chi connectivity index (χ1v) is 8.85. The third kappa shape index (κ3) is 2.92. The molecule has 124 valence electrons. The molecule has 0 radical (unpaired) electrons. The lowest BCUT2D eigenvalue weighted by atomic mass is 10.0. The van der Waals surface area contributed by atoms with Gasteiger partial charge in [0.2, 0.25) is 5.89 Å². The number of rotatable bonds is 4. The minimum absolute atomic E-state index is 0.280. The molecular weight excluding hydrogens is 290 g/mol. The molecule has 6 nitrogen and oxygen atoms in total. The van der Waals surface area contributed by atoms with Crippen molar-refractivity contribution in [3.05, 3.63) is 28.9 Å². The predicted molar refractivity (Wildman–Crippen MR) is 86.0 cm³/mol. The summed E-state index contributed by atoms with van der Waals surface area (Å²) in [5, 5.41) is 4.14. The van der Waals surface area contributed by atoms with Crippen molar-refractivity contribution in [1.29, 1.82) is 0 Å². The van der Waals surface area contributed by atoms with Crippen molar-refractivity contribution in [2.75, 3.05) is 6.54 Å². The average molecular weight is 315 g/mol. The van der Waals surface area contributed by atoms with Gasteiger partial charge in [0.05, 0.1) is 18.3 Å². The van der Waals surface area contributed by atoms with Crippen molar-refractivity contribution >= 4 is 0 Å². The molecule has 6 heteroatoms. The minimum atomic E-state index is 0.280. The number of aromatic amines is 1. The first-order valence-electron chi connectivity index (χ1n) is 8.85. The summed E-state index contributed by atoms with van der Waals surface area (Å²) in [6.45, 7) is 5.96. The van der Waals surface area contributed by atoms with Crippen LogP contribution in [0.3, 0.4) is 0 Å². The largest absolute Gasteiger partial charge is 0.344 e. The molecule has 0 spiro atoms. The topological polar surface area (TPSA) is 70.8 Å². The van der Waals surface area contributed by atoms with Gasteiger partial charge < -0.3 is 9.51 Å². The van der Waals surface area contributed by atoms with E-state index in [4.69, 9.17) is 9.51 Å². The van der Waals surface area contributed by atoms with Crippen molar-refractivity contribution in [3.63, 3.8) is 0 Å². The lowest BCUT2D eigenvalue weighted by Gasteiger charge is -2.20. The lowest BCUT2D eigenvalue weighted by molar-refractivity contribution is 0.230. The fraction of sp³-hybridized carbons (Fsp3) is 0.706. The summed E-state index contributed by atoms with van der Waals surface area (Å²) in [6, 6.07) is 0.363. The van der Waals surface area contributed by atoms with E-state index in [0.29, 0.717) is 6.04 Å². The molecule has 3 heterocycles. The number of hydrogen-bond acceptors (Lipinski definition) is 5. The second-order valence-corrected chi connectivity index (χ2v) is 7.09. The highest BCUT2D eigenvalue weighted by Crippen LogP contribution is 2.33. The second kappa shape index (κ2) is 6.07. The van der Waals surface area contributed by atoms with Gasteiger partial charge in [-0.1, -0.05) is 19.0 Å². The Labute approximate surface area is 136 Å². The maximum absolute atomic E-state index is 5.33. The molecule has 1 N–H and O–H groups in total. The van der Waals surface area contributed by atoms with Gasteiger partial charge in [0, 0.05) is 11.6 Å². The summed E-state index contributed by atoms with van der Waals surface area (Å²) in [5.74, 6) is 2.94. The van der Waals surface area contributed by atoms with Crippen LogP contribution in [0, 0.1) is 0 Å². The van der Waals surface area contributed by atoms with Gasteiger partial charge in [0.15, 0.2) is 5.82 Å². The van der Waals surface area contributed by atoms with Crippen LogP contribution in [0.1, 0.15) is 80.4 Å². The summed E-state index contributed by atoms with van der Waals surface area (Å²) in [5.41, 5.74) is 2.65. The van der Waals surface area contributed by atoms with Gasteiger partial charge in [-0.15, -0.1) is 0 Å². The van der Waals surface area contributed by atoms with Gasteiger partial charge in [-0.3, -0.25) is 4.90 Å². The van der Waals surface area contributed by atoms with Crippen LogP contribution >= 0.6 is 0 Å². The van der Waals surface area contributed by atoms with Crippen LogP contribution in [-0.2, 0) is 19.4 Å². The average Bonchev–Trinajstić information content (AvgIpc) is 3.25. The highest BCUT2D eigenvalue weighted by Gasteiger charge is 2.30. The molecule has 0 amide bonds. The number of aromatic nitrogens is 4. The third-order valence-corrected chi connectivity index (χ3v) is 4.97. The fourth-order valence-electron chi connectivity index (χ4n) is 3.71. The summed E-state index contributed by atoms with van der Waals surface area (Å²) in [7, 11) is 0. The maximum Gasteiger partial charge on any atom is 0.229 e. The molecule has 0 aromatic carbocycles. The number of H-pyrrole nitrogens is 1. The smallest absolute Gasteiger partial charge is 0.229 e. The molecule has 4 rings (SSSR count).